The van der Waals surface area contributed by atoms with E-state index in [4.69, 9.17) is 5.73 Å². The van der Waals surface area contributed by atoms with E-state index in [1.807, 2.05) is 13.8 Å². The summed E-state index contributed by atoms with van der Waals surface area (Å²) in [6, 6.07) is 10.3. The Kier molecular flexibility index (Phi) is 8.55. The molecule has 1 aromatic carbocycles. The zero-order valence-electron chi connectivity index (χ0n) is 14.8. The average molecular weight is 418 g/mol. The minimum Gasteiger partial charge on any atom is -0.398 e. The van der Waals surface area contributed by atoms with E-state index in [9.17, 15) is 13.2 Å². The minimum atomic E-state index is -3.42. The van der Waals surface area contributed by atoms with Crippen molar-refractivity contribution >= 4 is 45.4 Å². The van der Waals surface area contributed by atoms with Crippen LogP contribution >= 0.6 is 23.7 Å². The average Bonchev–Trinajstić information content (AvgIpc) is 3.06. The number of thiophene rings is 1. The van der Waals surface area contributed by atoms with Gasteiger partial charge in [-0.1, -0.05) is 26.0 Å². The third-order valence-corrected chi connectivity index (χ3v) is 7.46. The SMILES string of the molecule is CCN(CC)S(=O)(=O)c1ccc(CCNC(=O)c2ccccc2N)s1.Cl. The number of sulfonamides is 1. The number of hydrogen-bond acceptors (Lipinski definition) is 5. The number of anilines is 1. The third kappa shape index (κ3) is 5.20. The van der Waals surface area contributed by atoms with Crippen molar-refractivity contribution in [3.05, 3.63) is 46.8 Å². The fourth-order valence-electron chi connectivity index (χ4n) is 2.42. The summed E-state index contributed by atoms with van der Waals surface area (Å²) in [6.45, 7) is 4.94. The lowest BCUT2D eigenvalue weighted by atomic mass is 10.1. The van der Waals surface area contributed by atoms with Crippen LogP contribution in [-0.4, -0.2) is 38.3 Å². The van der Waals surface area contributed by atoms with Crippen LogP contribution in [0.1, 0.15) is 29.1 Å². The summed E-state index contributed by atoms with van der Waals surface area (Å²) in [5.74, 6) is -0.231. The lowest BCUT2D eigenvalue weighted by Crippen LogP contribution is -2.30. The molecule has 1 aromatic heterocycles. The van der Waals surface area contributed by atoms with Gasteiger partial charge in [-0.2, -0.15) is 4.31 Å². The van der Waals surface area contributed by atoms with E-state index in [0.29, 0.717) is 41.5 Å². The molecule has 26 heavy (non-hydrogen) atoms. The van der Waals surface area contributed by atoms with Crippen LogP contribution in [-0.2, 0) is 16.4 Å². The second-order valence-corrected chi connectivity index (χ2v) is 8.74. The molecule has 6 nitrogen and oxygen atoms in total. The molecular formula is C17H24ClN3O3S2. The van der Waals surface area contributed by atoms with Crippen molar-refractivity contribution < 1.29 is 13.2 Å². The Labute approximate surface area is 164 Å². The van der Waals surface area contributed by atoms with Crippen LogP contribution in [0.3, 0.4) is 0 Å². The van der Waals surface area contributed by atoms with E-state index in [2.05, 4.69) is 5.32 Å². The summed E-state index contributed by atoms with van der Waals surface area (Å²) >= 11 is 1.24. The number of nitrogens with two attached hydrogens (primary N) is 1. The molecule has 144 valence electrons. The number of nitrogens with zero attached hydrogens (tertiary/aromatic N) is 1. The smallest absolute Gasteiger partial charge is 0.253 e. The van der Waals surface area contributed by atoms with Gasteiger partial charge in [0.2, 0.25) is 0 Å². The van der Waals surface area contributed by atoms with E-state index < -0.39 is 10.0 Å². The van der Waals surface area contributed by atoms with Crippen molar-refractivity contribution in [1.29, 1.82) is 0 Å². The quantitative estimate of drug-likeness (QED) is 0.646. The predicted octanol–water partition coefficient (Wildman–Crippen LogP) is 2.76. The molecule has 0 unspecified atom stereocenters. The van der Waals surface area contributed by atoms with Gasteiger partial charge in [0.1, 0.15) is 4.21 Å². The maximum atomic E-state index is 12.5. The van der Waals surface area contributed by atoms with Crippen LogP contribution < -0.4 is 11.1 Å². The van der Waals surface area contributed by atoms with E-state index >= 15 is 0 Å². The van der Waals surface area contributed by atoms with Crippen LogP contribution in [0.5, 0.6) is 0 Å². The van der Waals surface area contributed by atoms with Gasteiger partial charge in [0.25, 0.3) is 15.9 Å². The number of nitrogens with one attached hydrogen (secondary N) is 1. The molecule has 0 aliphatic rings. The fourth-order valence-corrected chi connectivity index (χ4v) is 5.39. The predicted molar refractivity (Wildman–Crippen MR) is 109 cm³/mol. The van der Waals surface area contributed by atoms with Gasteiger partial charge in [-0.15, -0.1) is 23.7 Å². The summed E-state index contributed by atoms with van der Waals surface area (Å²) in [4.78, 5) is 13.0. The van der Waals surface area contributed by atoms with Crippen molar-refractivity contribution in [3.63, 3.8) is 0 Å². The number of benzene rings is 1. The van der Waals surface area contributed by atoms with Crippen LogP contribution in [0.2, 0.25) is 0 Å². The molecule has 2 aromatic rings. The van der Waals surface area contributed by atoms with Gasteiger partial charge < -0.3 is 11.1 Å². The summed E-state index contributed by atoms with van der Waals surface area (Å²) < 4.78 is 26.7. The lowest BCUT2D eigenvalue weighted by molar-refractivity contribution is 0.0955. The molecule has 0 fully saturated rings. The van der Waals surface area contributed by atoms with Crippen molar-refractivity contribution in [1.82, 2.24) is 9.62 Å². The molecule has 9 heteroatoms. The van der Waals surface area contributed by atoms with Gasteiger partial charge in [0.05, 0.1) is 5.56 Å². The van der Waals surface area contributed by atoms with Gasteiger partial charge in [-0.3, -0.25) is 4.79 Å². The van der Waals surface area contributed by atoms with Crippen molar-refractivity contribution in [2.45, 2.75) is 24.5 Å². The summed E-state index contributed by atoms with van der Waals surface area (Å²) in [7, 11) is -3.42. The van der Waals surface area contributed by atoms with E-state index in [0.717, 1.165) is 4.88 Å². The summed E-state index contributed by atoms with van der Waals surface area (Å²) in [5.41, 5.74) is 6.66. The van der Waals surface area contributed by atoms with Crippen molar-refractivity contribution in [2.75, 3.05) is 25.4 Å². The van der Waals surface area contributed by atoms with E-state index in [-0.39, 0.29) is 18.3 Å². The second kappa shape index (κ2) is 9.91. The monoisotopic (exact) mass is 417 g/mol. The highest BCUT2D eigenvalue weighted by molar-refractivity contribution is 7.91. The normalized spacial score (nSPS) is 11.2. The number of nitrogen functional groups attached to an aromatic ring is 1. The molecule has 0 spiro atoms. The number of rotatable bonds is 8. The molecule has 0 saturated heterocycles. The third-order valence-electron chi connectivity index (χ3n) is 3.80. The highest BCUT2D eigenvalue weighted by atomic mass is 35.5. The Bertz CT molecular complexity index is 833. The number of carbonyl (C=O) groups is 1. The molecule has 0 aliphatic carbocycles. The topological polar surface area (TPSA) is 92.5 Å². The van der Waals surface area contributed by atoms with Crippen molar-refractivity contribution in [2.24, 2.45) is 0 Å². The Hall–Kier alpha value is -1.61. The van der Waals surface area contributed by atoms with Crippen molar-refractivity contribution in [3.8, 4) is 0 Å². The van der Waals surface area contributed by atoms with Crippen LogP contribution in [0.25, 0.3) is 0 Å². The van der Waals surface area contributed by atoms with Gasteiger partial charge in [-0.25, -0.2) is 8.42 Å². The number of hydrogen-bond donors (Lipinski definition) is 2. The fraction of sp³-hybridized carbons (Fsp3) is 0.353. The number of halogens is 1. The minimum absolute atomic E-state index is 0. The molecule has 1 amide bonds. The van der Waals surface area contributed by atoms with E-state index in [1.54, 1.807) is 36.4 Å². The largest absolute Gasteiger partial charge is 0.398 e. The Morgan fingerprint density at radius 2 is 1.81 bits per heavy atom. The first-order chi connectivity index (χ1) is 11.9. The second-order valence-electron chi connectivity index (χ2n) is 5.40. The van der Waals surface area contributed by atoms with Gasteiger partial charge in [0, 0.05) is 30.2 Å². The molecule has 0 radical (unpaired) electrons. The highest BCUT2D eigenvalue weighted by Crippen LogP contribution is 2.25. The molecule has 3 N–H and O–H groups in total. The maximum absolute atomic E-state index is 12.5. The number of para-hydroxylation sites is 1. The van der Waals surface area contributed by atoms with Gasteiger partial charge in [-0.05, 0) is 30.7 Å². The van der Waals surface area contributed by atoms with Crippen LogP contribution in [0.4, 0.5) is 5.69 Å². The standard InChI is InChI=1S/C17H23N3O3S2.ClH/c1-3-20(4-2)25(22,23)16-10-9-13(24-16)11-12-19-17(21)14-7-5-6-8-15(14)18;/h5-10H,3-4,11-12,18H2,1-2H3,(H,19,21);1H. The Balaban J connectivity index is 0.00000338. The first-order valence-corrected chi connectivity index (χ1v) is 10.4. The summed E-state index contributed by atoms with van der Waals surface area (Å²) in [5, 5.41) is 2.81. The van der Waals surface area contributed by atoms with Crippen LogP contribution in [0.15, 0.2) is 40.6 Å². The zero-order chi connectivity index (χ0) is 18.4. The molecule has 0 atom stereocenters. The lowest BCUT2D eigenvalue weighted by Gasteiger charge is -2.16. The Morgan fingerprint density at radius 1 is 1.15 bits per heavy atom. The molecule has 0 bridgehead atoms. The van der Waals surface area contributed by atoms with Crippen LogP contribution in [0, 0.1) is 0 Å². The maximum Gasteiger partial charge on any atom is 0.253 e. The first kappa shape index (κ1) is 22.4. The zero-order valence-corrected chi connectivity index (χ0v) is 17.2. The van der Waals surface area contributed by atoms with Gasteiger partial charge in [0.15, 0.2) is 0 Å². The number of carbonyl (C=O) groups excluding carboxylic acids is 1. The molecule has 0 aliphatic heterocycles. The first-order valence-electron chi connectivity index (χ1n) is 8.11. The van der Waals surface area contributed by atoms with Gasteiger partial charge >= 0.3 is 0 Å². The summed E-state index contributed by atoms with van der Waals surface area (Å²) in [6.07, 6.45) is 0.566. The molecular weight excluding hydrogens is 394 g/mol. The van der Waals surface area contributed by atoms with E-state index in [1.165, 1.54) is 15.6 Å². The molecule has 2 rings (SSSR count). The molecule has 0 saturated carbocycles. The number of amides is 1. The molecule has 1 heterocycles. The highest BCUT2D eigenvalue weighted by Gasteiger charge is 2.23. The Morgan fingerprint density at radius 3 is 2.42 bits per heavy atom.